The number of morpholine rings is 1. The second-order valence-electron chi connectivity index (χ2n) is 5.88. The van der Waals surface area contributed by atoms with Crippen LogP contribution in [0.15, 0.2) is 24.5 Å². The molecular weight excluding hydrogens is 238 g/mol. The van der Waals surface area contributed by atoms with Gasteiger partial charge in [-0.2, -0.15) is 0 Å². The number of hydrogen-bond acceptors (Lipinski definition) is 4. The minimum Gasteiger partial charge on any atom is -0.373 e. The van der Waals surface area contributed by atoms with Crippen molar-refractivity contribution in [1.29, 1.82) is 0 Å². The third-order valence-electron chi connectivity index (χ3n) is 3.77. The number of rotatable bonds is 4. The van der Waals surface area contributed by atoms with Crippen LogP contribution in [0.5, 0.6) is 0 Å². The largest absolute Gasteiger partial charge is 0.373 e. The van der Waals surface area contributed by atoms with Crippen LogP contribution in [0.2, 0.25) is 0 Å². The molecule has 0 aromatic carbocycles. The van der Waals surface area contributed by atoms with Gasteiger partial charge >= 0.3 is 0 Å². The molecule has 0 bridgehead atoms. The quantitative estimate of drug-likeness (QED) is 0.902. The lowest BCUT2D eigenvalue weighted by Crippen LogP contribution is -2.52. The second kappa shape index (κ2) is 5.99. The van der Waals surface area contributed by atoms with Gasteiger partial charge in [-0.05, 0) is 38.0 Å². The fourth-order valence-electron chi connectivity index (χ4n) is 2.80. The molecule has 0 aliphatic carbocycles. The summed E-state index contributed by atoms with van der Waals surface area (Å²) in [5, 5.41) is 0. The van der Waals surface area contributed by atoms with Crippen molar-refractivity contribution in [2.45, 2.75) is 44.9 Å². The molecule has 1 saturated heterocycles. The highest BCUT2D eigenvalue weighted by molar-refractivity contribution is 5.18. The molecule has 2 heterocycles. The molecule has 0 saturated carbocycles. The van der Waals surface area contributed by atoms with E-state index in [2.05, 4.69) is 42.8 Å². The summed E-state index contributed by atoms with van der Waals surface area (Å²) in [6.45, 7) is 9.04. The van der Waals surface area contributed by atoms with E-state index in [4.69, 9.17) is 10.5 Å². The zero-order valence-electron chi connectivity index (χ0n) is 12.2. The Morgan fingerprint density at radius 2 is 2.11 bits per heavy atom. The van der Waals surface area contributed by atoms with E-state index in [9.17, 15) is 0 Å². The topological polar surface area (TPSA) is 51.4 Å². The van der Waals surface area contributed by atoms with Crippen LogP contribution < -0.4 is 5.73 Å². The summed E-state index contributed by atoms with van der Waals surface area (Å²) in [5.74, 6) is 0. The van der Waals surface area contributed by atoms with E-state index in [0.717, 1.165) is 26.1 Å². The lowest BCUT2D eigenvalue weighted by atomic mass is 9.94. The lowest BCUT2D eigenvalue weighted by molar-refractivity contribution is -0.100. The highest BCUT2D eigenvalue weighted by Gasteiger charge is 2.34. The first-order chi connectivity index (χ1) is 9.03. The Hall–Kier alpha value is -0.970. The molecule has 1 aromatic rings. The average molecular weight is 263 g/mol. The maximum atomic E-state index is 6.37. The Balaban J connectivity index is 2.23. The van der Waals surface area contributed by atoms with Gasteiger partial charge in [-0.3, -0.25) is 9.88 Å². The van der Waals surface area contributed by atoms with Gasteiger partial charge in [-0.25, -0.2) is 0 Å². The average Bonchev–Trinajstić information content (AvgIpc) is 2.39. The van der Waals surface area contributed by atoms with E-state index in [-0.39, 0.29) is 17.7 Å². The number of nitrogens with zero attached hydrogens (tertiary/aromatic N) is 2. The summed E-state index contributed by atoms with van der Waals surface area (Å²) in [6, 6.07) is 4.53. The first kappa shape index (κ1) is 14.4. The standard InChI is InChI=1S/C15H25N3O/c1-4-13(16)14(12-5-7-17-8-6-12)18-9-10-19-15(2,3)11-18/h5-8,13-14H,4,9-11,16H2,1-3H3. The Morgan fingerprint density at radius 3 is 2.68 bits per heavy atom. The monoisotopic (exact) mass is 263 g/mol. The lowest BCUT2D eigenvalue weighted by Gasteiger charge is -2.44. The second-order valence-corrected chi connectivity index (χ2v) is 5.88. The SMILES string of the molecule is CCC(N)C(c1ccncc1)N1CCOC(C)(C)C1. The van der Waals surface area contributed by atoms with Gasteiger partial charge < -0.3 is 10.5 Å². The molecule has 2 unspecified atom stereocenters. The predicted octanol–water partition coefficient (Wildman–Crippen LogP) is 1.97. The molecule has 106 valence electrons. The highest BCUT2D eigenvalue weighted by atomic mass is 16.5. The van der Waals surface area contributed by atoms with Gasteiger partial charge in [0.2, 0.25) is 0 Å². The van der Waals surface area contributed by atoms with Gasteiger partial charge in [0.05, 0.1) is 18.2 Å². The molecule has 2 N–H and O–H groups in total. The number of ether oxygens (including phenoxy) is 1. The van der Waals surface area contributed by atoms with Crippen molar-refractivity contribution in [2.24, 2.45) is 5.73 Å². The normalized spacial score (nSPS) is 22.9. The van der Waals surface area contributed by atoms with Crippen LogP contribution in [0.3, 0.4) is 0 Å². The van der Waals surface area contributed by atoms with E-state index in [0.29, 0.717) is 0 Å². The Labute approximate surface area is 116 Å². The van der Waals surface area contributed by atoms with E-state index >= 15 is 0 Å². The molecule has 1 aromatic heterocycles. The molecule has 0 radical (unpaired) electrons. The third kappa shape index (κ3) is 3.53. The minimum atomic E-state index is -0.100. The summed E-state index contributed by atoms with van der Waals surface area (Å²) < 4.78 is 5.80. The van der Waals surface area contributed by atoms with Gasteiger partial charge in [-0.1, -0.05) is 6.92 Å². The zero-order chi connectivity index (χ0) is 13.9. The Bertz CT molecular complexity index is 394. The maximum Gasteiger partial charge on any atom is 0.0753 e. The van der Waals surface area contributed by atoms with Gasteiger partial charge in [0.15, 0.2) is 0 Å². The molecule has 4 heteroatoms. The fraction of sp³-hybridized carbons (Fsp3) is 0.667. The molecule has 1 aliphatic rings. The van der Waals surface area contributed by atoms with Crippen molar-refractivity contribution in [3.05, 3.63) is 30.1 Å². The van der Waals surface area contributed by atoms with Crippen LogP contribution >= 0.6 is 0 Å². The summed E-state index contributed by atoms with van der Waals surface area (Å²) in [6.07, 6.45) is 4.65. The Kier molecular flexibility index (Phi) is 4.55. The maximum absolute atomic E-state index is 6.37. The summed E-state index contributed by atoms with van der Waals surface area (Å²) in [5.41, 5.74) is 7.52. The molecular formula is C15H25N3O. The molecule has 0 amide bonds. The molecule has 2 atom stereocenters. The highest BCUT2D eigenvalue weighted by Crippen LogP contribution is 2.29. The fourth-order valence-corrected chi connectivity index (χ4v) is 2.80. The number of hydrogen-bond donors (Lipinski definition) is 1. The van der Waals surface area contributed by atoms with Crippen molar-refractivity contribution in [2.75, 3.05) is 19.7 Å². The molecule has 1 aliphatic heterocycles. The van der Waals surface area contributed by atoms with Gasteiger partial charge in [0.25, 0.3) is 0 Å². The summed E-state index contributed by atoms with van der Waals surface area (Å²) in [7, 11) is 0. The van der Waals surface area contributed by atoms with Gasteiger partial charge in [0, 0.05) is 31.5 Å². The summed E-state index contributed by atoms with van der Waals surface area (Å²) >= 11 is 0. The molecule has 4 nitrogen and oxygen atoms in total. The zero-order valence-corrected chi connectivity index (χ0v) is 12.2. The minimum absolute atomic E-state index is 0.100. The van der Waals surface area contributed by atoms with E-state index in [1.807, 2.05) is 12.4 Å². The van der Waals surface area contributed by atoms with E-state index < -0.39 is 0 Å². The molecule has 1 fully saturated rings. The van der Waals surface area contributed by atoms with Crippen LogP contribution in [0, 0.1) is 0 Å². The van der Waals surface area contributed by atoms with Gasteiger partial charge in [-0.15, -0.1) is 0 Å². The van der Waals surface area contributed by atoms with Crippen LogP contribution in [0.4, 0.5) is 0 Å². The molecule has 0 spiro atoms. The van der Waals surface area contributed by atoms with Crippen LogP contribution in [-0.4, -0.2) is 41.2 Å². The van der Waals surface area contributed by atoms with Crippen molar-refractivity contribution < 1.29 is 4.74 Å². The first-order valence-corrected chi connectivity index (χ1v) is 7.07. The number of aromatic nitrogens is 1. The van der Waals surface area contributed by atoms with Crippen LogP contribution in [-0.2, 0) is 4.74 Å². The smallest absolute Gasteiger partial charge is 0.0753 e. The van der Waals surface area contributed by atoms with Crippen molar-refractivity contribution >= 4 is 0 Å². The number of pyridine rings is 1. The Morgan fingerprint density at radius 1 is 1.42 bits per heavy atom. The van der Waals surface area contributed by atoms with Crippen molar-refractivity contribution in [1.82, 2.24) is 9.88 Å². The first-order valence-electron chi connectivity index (χ1n) is 7.07. The van der Waals surface area contributed by atoms with Gasteiger partial charge in [0.1, 0.15) is 0 Å². The molecule has 19 heavy (non-hydrogen) atoms. The number of nitrogens with two attached hydrogens (primary N) is 1. The van der Waals surface area contributed by atoms with Crippen LogP contribution in [0.25, 0.3) is 0 Å². The van der Waals surface area contributed by atoms with Crippen LogP contribution in [0.1, 0.15) is 38.8 Å². The van der Waals surface area contributed by atoms with Crippen molar-refractivity contribution in [3.8, 4) is 0 Å². The van der Waals surface area contributed by atoms with Crippen molar-refractivity contribution in [3.63, 3.8) is 0 Å². The third-order valence-corrected chi connectivity index (χ3v) is 3.77. The summed E-state index contributed by atoms with van der Waals surface area (Å²) in [4.78, 5) is 6.55. The predicted molar refractivity (Wildman–Crippen MR) is 76.8 cm³/mol. The van der Waals surface area contributed by atoms with E-state index in [1.54, 1.807) is 0 Å². The molecule has 2 rings (SSSR count). The van der Waals surface area contributed by atoms with E-state index in [1.165, 1.54) is 5.56 Å².